The number of thiazole rings is 1. The van der Waals surface area contributed by atoms with E-state index in [1.165, 1.54) is 4.88 Å². The van der Waals surface area contributed by atoms with Gasteiger partial charge in [0.25, 0.3) is 0 Å². The standard InChI is InChI=1S/C21H37N5O2S.HI/c1-7-22-19(24-14-18-13-23-16(3)29-18)26-11-9-17(10-12-26)15-25(8-2)20(27)28-21(4,5)6;/h13,17H,7-12,14-15H2,1-6H3,(H,22,24);1H. The average molecular weight is 552 g/mol. The number of amides is 1. The summed E-state index contributed by atoms with van der Waals surface area (Å²) in [5, 5.41) is 4.49. The lowest BCUT2D eigenvalue weighted by Gasteiger charge is -2.36. The minimum absolute atomic E-state index is 0. The molecule has 0 saturated carbocycles. The van der Waals surface area contributed by atoms with Gasteiger partial charge in [0, 0.05) is 43.8 Å². The zero-order chi connectivity index (χ0) is 21.4. The number of guanidine groups is 1. The second kappa shape index (κ2) is 12.7. The number of halogens is 1. The Morgan fingerprint density at radius 1 is 1.37 bits per heavy atom. The molecule has 1 saturated heterocycles. The molecule has 0 spiro atoms. The molecule has 1 N–H and O–H groups in total. The summed E-state index contributed by atoms with van der Waals surface area (Å²) < 4.78 is 5.54. The predicted octanol–water partition coefficient (Wildman–Crippen LogP) is 4.50. The van der Waals surface area contributed by atoms with Crippen LogP contribution in [-0.2, 0) is 11.3 Å². The van der Waals surface area contributed by atoms with Crippen LogP contribution in [0.1, 0.15) is 57.3 Å². The van der Waals surface area contributed by atoms with Gasteiger partial charge in [-0.3, -0.25) is 0 Å². The van der Waals surface area contributed by atoms with Gasteiger partial charge in [-0.05, 0) is 60.3 Å². The molecule has 0 aromatic carbocycles. The molecule has 0 radical (unpaired) electrons. The number of hydrogen-bond acceptors (Lipinski definition) is 5. The molecular weight excluding hydrogens is 513 g/mol. The maximum atomic E-state index is 12.4. The van der Waals surface area contributed by atoms with E-state index >= 15 is 0 Å². The van der Waals surface area contributed by atoms with E-state index in [4.69, 9.17) is 9.73 Å². The maximum absolute atomic E-state index is 12.4. The van der Waals surface area contributed by atoms with Crippen molar-refractivity contribution in [3.8, 4) is 0 Å². The molecule has 1 aromatic heterocycles. The Bertz CT molecular complexity index is 681. The van der Waals surface area contributed by atoms with Crippen molar-refractivity contribution in [1.82, 2.24) is 20.1 Å². The van der Waals surface area contributed by atoms with E-state index < -0.39 is 5.60 Å². The number of ether oxygens (including phenoxy) is 1. The van der Waals surface area contributed by atoms with Crippen LogP contribution in [-0.4, -0.2) is 65.2 Å². The third-order valence-corrected chi connectivity index (χ3v) is 5.71. The Balaban J connectivity index is 0.00000450. The summed E-state index contributed by atoms with van der Waals surface area (Å²) in [5.74, 6) is 1.46. The van der Waals surface area contributed by atoms with Crippen LogP contribution < -0.4 is 5.32 Å². The SMILES string of the molecule is CCNC(=NCc1cnc(C)s1)N1CCC(CN(CC)C(=O)OC(C)(C)C)CC1.I. The second-order valence-electron chi connectivity index (χ2n) is 8.47. The Morgan fingerprint density at radius 3 is 2.53 bits per heavy atom. The third-order valence-electron chi connectivity index (χ3n) is 4.81. The quantitative estimate of drug-likeness (QED) is 0.320. The number of rotatable bonds is 6. The van der Waals surface area contributed by atoms with Crippen molar-refractivity contribution < 1.29 is 9.53 Å². The zero-order valence-electron chi connectivity index (χ0n) is 19.2. The lowest BCUT2D eigenvalue weighted by Crippen LogP contribution is -2.47. The summed E-state index contributed by atoms with van der Waals surface area (Å²) in [5.41, 5.74) is -0.457. The van der Waals surface area contributed by atoms with Crippen molar-refractivity contribution >= 4 is 47.4 Å². The molecule has 1 aromatic rings. The first-order chi connectivity index (χ1) is 13.7. The summed E-state index contributed by atoms with van der Waals surface area (Å²) in [6.45, 7) is 16.7. The number of piperidine rings is 1. The third kappa shape index (κ3) is 8.95. The average Bonchev–Trinajstić information content (AvgIpc) is 3.07. The van der Waals surface area contributed by atoms with Gasteiger partial charge in [-0.2, -0.15) is 0 Å². The number of nitrogens with zero attached hydrogens (tertiary/aromatic N) is 4. The van der Waals surface area contributed by atoms with E-state index in [2.05, 4.69) is 22.1 Å². The molecule has 1 aliphatic heterocycles. The van der Waals surface area contributed by atoms with Gasteiger partial charge < -0.3 is 19.9 Å². The largest absolute Gasteiger partial charge is 0.444 e. The molecule has 2 heterocycles. The minimum Gasteiger partial charge on any atom is -0.444 e. The molecule has 172 valence electrons. The molecule has 7 nitrogen and oxygen atoms in total. The molecular formula is C21H38IN5O2S. The van der Waals surface area contributed by atoms with Crippen molar-refractivity contribution in [2.45, 2.75) is 66.5 Å². The second-order valence-corrected chi connectivity index (χ2v) is 9.78. The lowest BCUT2D eigenvalue weighted by atomic mass is 9.96. The number of carbonyl (C=O) groups excluding carboxylic acids is 1. The van der Waals surface area contributed by atoms with E-state index in [9.17, 15) is 4.79 Å². The minimum atomic E-state index is -0.457. The molecule has 0 aliphatic carbocycles. The highest BCUT2D eigenvalue weighted by Crippen LogP contribution is 2.20. The fraction of sp³-hybridized carbons (Fsp3) is 0.762. The summed E-state index contributed by atoms with van der Waals surface area (Å²) in [4.78, 5) is 26.9. The van der Waals surface area contributed by atoms with Gasteiger partial charge in [0.1, 0.15) is 5.60 Å². The Kier molecular flexibility index (Phi) is 11.4. The number of aryl methyl sites for hydroxylation is 1. The van der Waals surface area contributed by atoms with Gasteiger partial charge in [-0.15, -0.1) is 35.3 Å². The van der Waals surface area contributed by atoms with E-state index in [1.54, 1.807) is 11.3 Å². The van der Waals surface area contributed by atoms with Crippen molar-refractivity contribution in [2.75, 3.05) is 32.7 Å². The lowest BCUT2D eigenvalue weighted by molar-refractivity contribution is 0.0214. The maximum Gasteiger partial charge on any atom is 0.410 e. The fourth-order valence-electron chi connectivity index (χ4n) is 3.36. The van der Waals surface area contributed by atoms with Gasteiger partial charge in [-0.1, -0.05) is 0 Å². The first-order valence-corrected chi connectivity index (χ1v) is 11.5. The summed E-state index contributed by atoms with van der Waals surface area (Å²) in [6.07, 6.45) is 3.79. The number of carbonyl (C=O) groups is 1. The van der Waals surface area contributed by atoms with E-state index in [0.29, 0.717) is 19.0 Å². The summed E-state index contributed by atoms with van der Waals surface area (Å²) in [7, 11) is 0. The number of aliphatic imine (C=N–C) groups is 1. The smallest absolute Gasteiger partial charge is 0.410 e. The number of likely N-dealkylation sites (tertiary alicyclic amines) is 1. The predicted molar refractivity (Wildman–Crippen MR) is 135 cm³/mol. The van der Waals surface area contributed by atoms with Crippen LogP contribution in [0.2, 0.25) is 0 Å². The van der Waals surface area contributed by atoms with Gasteiger partial charge in [0.2, 0.25) is 0 Å². The first kappa shape index (κ1) is 26.9. The normalized spacial score (nSPS) is 15.5. The number of hydrogen-bond donors (Lipinski definition) is 1. The number of nitrogens with one attached hydrogen (secondary N) is 1. The van der Waals surface area contributed by atoms with Crippen LogP contribution in [0.3, 0.4) is 0 Å². The molecule has 1 amide bonds. The molecule has 0 bridgehead atoms. The topological polar surface area (TPSA) is 70.1 Å². The Hall–Kier alpha value is -1.10. The van der Waals surface area contributed by atoms with Crippen LogP contribution in [0, 0.1) is 12.8 Å². The van der Waals surface area contributed by atoms with Gasteiger partial charge in [0.15, 0.2) is 5.96 Å². The van der Waals surface area contributed by atoms with E-state index in [1.807, 2.05) is 45.7 Å². The molecule has 1 fully saturated rings. The highest BCUT2D eigenvalue weighted by Gasteiger charge is 2.27. The summed E-state index contributed by atoms with van der Waals surface area (Å²) >= 11 is 1.70. The highest BCUT2D eigenvalue weighted by atomic mass is 127. The first-order valence-electron chi connectivity index (χ1n) is 10.6. The van der Waals surface area contributed by atoms with Gasteiger partial charge in [0.05, 0.1) is 11.6 Å². The number of aromatic nitrogens is 1. The molecule has 1 aliphatic rings. The highest BCUT2D eigenvalue weighted by molar-refractivity contribution is 14.0. The summed E-state index contributed by atoms with van der Waals surface area (Å²) in [6, 6.07) is 0. The molecule has 0 atom stereocenters. The van der Waals surface area contributed by atoms with Crippen molar-refractivity contribution in [2.24, 2.45) is 10.9 Å². The Morgan fingerprint density at radius 2 is 2.03 bits per heavy atom. The molecule has 2 rings (SSSR count). The zero-order valence-corrected chi connectivity index (χ0v) is 22.4. The van der Waals surface area contributed by atoms with Crippen molar-refractivity contribution in [3.63, 3.8) is 0 Å². The van der Waals surface area contributed by atoms with Crippen molar-refractivity contribution in [1.29, 1.82) is 0 Å². The fourth-order valence-corrected chi connectivity index (χ4v) is 4.07. The molecule has 0 unspecified atom stereocenters. The Labute approximate surface area is 202 Å². The van der Waals surface area contributed by atoms with E-state index in [0.717, 1.165) is 50.0 Å². The van der Waals surface area contributed by atoms with Crippen LogP contribution in [0.15, 0.2) is 11.2 Å². The van der Waals surface area contributed by atoms with Crippen LogP contribution in [0.5, 0.6) is 0 Å². The van der Waals surface area contributed by atoms with Crippen LogP contribution >= 0.6 is 35.3 Å². The van der Waals surface area contributed by atoms with Crippen molar-refractivity contribution in [3.05, 3.63) is 16.1 Å². The van der Waals surface area contributed by atoms with E-state index in [-0.39, 0.29) is 30.1 Å². The van der Waals surface area contributed by atoms with Gasteiger partial charge in [-0.25, -0.2) is 14.8 Å². The molecule has 30 heavy (non-hydrogen) atoms. The monoisotopic (exact) mass is 551 g/mol. The molecule has 9 heteroatoms. The van der Waals surface area contributed by atoms with Crippen LogP contribution in [0.4, 0.5) is 4.79 Å². The van der Waals surface area contributed by atoms with Crippen LogP contribution in [0.25, 0.3) is 0 Å². The van der Waals surface area contributed by atoms with Gasteiger partial charge >= 0.3 is 6.09 Å².